The second kappa shape index (κ2) is 31.9. The van der Waals surface area contributed by atoms with Crippen molar-refractivity contribution in [2.24, 2.45) is 121 Å². The van der Waals surface area contributed by atoms with E-state index in [9.17, 15) is 29.7 Å². The van der Waals surface area contributed by atoms with Crippen molar-refractivity contribution in [2.45, 2.75) is 252 Å². The van der Waals surface area contributed by atoms with Gasteiger partial charge >= 0.3 is 0 Å². The lowest BCUT2D eigenvalue weighted by molar-refractivity contribution is -0.164. The van der Waals surface area contributed by atoms with Gasteiger partial charge in [0.25, 0.3) is 0 Å². The zero-order valence-electron chi connectivity index (χ0n) is 66.5. The van der Waals surface area contributed by atoms with Gasteiger partial charge in [-0.05, 0) is 331 Å². The molecule has 19 heteroatoms. The molecular formula is C91H128BrCl3N6O9. The molecule has 0 amide bonds. The lowest BCUT2D eigenvalue weighted by Gasteiger charge is -2.62. The molecule has 24 atom stereocenters. The Hall–Kier alpha value is -3.81. The van der Waals surface area contributed by atoms with Gasteiger partial charge in [-0.2, -0.15) is 15.3 Å². The van der Waals surface area contributed by atoms with E-state index in [0.717, 1.165) is 157 Å². The van der Waals surface area contributed by atoms with E-state index in [1.54, 1.807) is 27.5 Å². The smallest absolute Gasteiger partial charge is 0.157 e. The maximum absolute atomic E-state index is 13.7. The maximum Gasteiger partial charge on any atom is 0.157 e. The van der Waals surface area contributed by atoms with Crippen LogP contribution in [0.3, 0.4) is 0 Å². The van der Waals surface area contributed by atoms with Crippen molar-refractivity contribution in [1.29, 1.82) is 0 Å². The number of nitrogens with one attached hydrogen (secondary N) is 1. The molecule has 6 aromatic rings. The summed E-state index contributed by atoms with van der Waals surface area (Å²) in [5.74, 6) is 9.85. The summed E-state index contributed by atoms with van der Waals surface area (Å²) < 4.78 is 19.8. The van der Waals surface area contributed by atoms with Crippen LogP contribution < -0.4 is 0 Å². The topological polar surface area (TPSA) is 204 Å². The molecule has 12 aliphatic rings. The van der Waals surface area contributed by atoms with Crippen molar-refractivity contribution in [1.82, 2.24) is 29.8 Å². The van der Waals surface area contributed by atoms with E-state index in [4.69, 9.17) is 49.0 Å². The summed E-state index contributed by atoms with van der Waals surface area (Å²) >= 11 is 21.5. The van der Waals surface area contributed by atoms with Crippen LogP contribution in [-0.4, -0.2) is 126 Å². The second-order valence-electron chi connectivity index (χ2n) is 39.2. The van der Waals surface area contributed by atoms with Crippen LogP contribution in [0.5, 0.6) is 0 Å². The average molecular weight is 1640 g/mol. The Morgan fingerprint density at radius 3 is 1.32 bits per heavy atom. The zero-order chi connectivity index (χ0) is 77.0. The van der Waals surface area contributed by atoms with Crippen molar-refractivity contribution >= 4 is 101 Å². The van der Waals surface area contributed by atoms with Crippen LogP contribution in [-0.2, 0) is 41.7 Å². The number of carbonyl (C=O) groups is 3. The number of aromatic nitrogens is 6. The second-order valence-corrected chi connectivity index (χ2v) is 41.1. The van der Waals surface area contributed by atoms with Crippen LogP contribution in [0.4, 0.5) is 0 Å². The number of hydrogen-bond donors (Lipinski definition) is 4. The Morgan fingerprint density at radius 1 is 0.473 bits per heavy atom. The number of aromatic amines is 1. The molecule has 110 heavy (non-hydrogen) atoms. The van der Waals surface area contributed by atoms with E-state index >= 15 is 0 Å². The summed E-state index contributed by atoms with van der Waals surface area (Å²) in [7, 11) is 5.11. The third-order valence-corrected chi connectivity index (χ3v) is 35.4. The molecule has 4 N–H and O–H groups in total. The first-order valence-corrected chi connectivity index (χ1v) is 44.3. The number of benzene rings is 3. The molecule has 0 spiro atoms. The molecule has 3 aromatic heterocycles. The van der Waals surface area contributed by atoms with Gasteiger partial charge in [-0.1, -0.05) is 99.7 Å². The SMILES string of the molecule is C.COC[C@@]1(O)CC[C@@]2(C)[C@@H](CC[C@@H]3[C@@H]2CC[C@]2(C)[C@@H](C(=O)CBr)CC[C@@H]32)C1.COC[C@@]1(O)CC[C@@]2(C)[C@@H](CC[C@@H]3[C@@H]2CC[C@]2(C)[C@@H](C(=O)Cn4cc5cc(Cl)ccc5n4)CC[C@@H]32)C1.COC[C@@]1(O)CC[C@@]2(C)[C@@H](CC[C@@H]3[C@@H]2CC[C@]2(C)[C@@H](C(=O)Cn4ncc5cc(Cl)ccc54)CC[C@@H]32)C1.Clc1ccc2[nH]ncc2c1. The highest BCUT2D eigenvalue weighted by atomic mass is 79.9. The standard InChI is InChI=1S/2C30H41ClN2O3.C23H37BrO3.C7H5ClN2.CH4/c1-28-12-13-30(35,18-36-3)15-20(28)4-6-22-23-7-8-25(29(23,2)11-10-24(22)28)27(34)17-33-16-19-14-21(31)5-9-26(19)32-33;1-28-12-13-30(35,18-36-3)15-20(28)4-6-22-23-7-8-25(29(23,2)11-10-24(22)28)27(34)17-33-26-9-5-21(31)14-19(26)16-32-33;1-21-10-11-23(26,14-27-3)12-15(21)4-5-16-17-6-7-19(20(25)13-24)22(17,2)9-8-18(16)21;8-6-1-2-7-5(3-6)4-9-10-7;/h2*5,9,14,16,20,22-25,35H,4,6-8,10-13,15,17-18H2,1-3H3;15-19,26H,4-14H2,1-3H3;1-4H,(H,9,10);1H4/t2*20-,22-,23-,24-,25+,28-,29-,30+;15-,16-,17-,18-,19+,21-,22-,23+;;/m000../s1. The molecule has 3 heterocycles. The van der Waals surface area contributed by atoms with Gasteiger partial charge in [-0.3, -0.25) is 28.8 Å². The number of hydrogen-bond acceptors (Lipinski definition) is 12. The largest absolute Gasteiger partial charge is 0.387 e. The van der Waals surface area contributed by atoms with Crippen LogP contribution in [0.15, 0.2) is 73.2 Å². The molecule has 3 aromatic carbocycles. The lowest BCUT2D eigenvalue weighted by atomic mass is 9.44. The number of ether oxygens (including phenoxy) is 3. The third kappa shape index (κ3) is 15.0. The molecule has 604 valence electrons. The first-order valence-electron chi connectivity index (χ1n) is 42.1. The van der Waals surface area contributed by atoms with E-state index in [1.807, 2.05) is 76.4 Å². The van der Waals surface area contributed by atoms with Crippen LogP contribution in [0, 0.1) is 121 Å². The normalized spacial score (nSPS) is 41.3. The predicted molar refractivity (Wildman–Crippen MR) is 442 cm³/mol. The molecule has 0 saturated heterocycles. The molecule has 15 nitrogen and oxygen atoms in total. The quantitative estimate of drug-likeness (QED) is 0.0752. The highest BCUT2D eigenvalue weighted by Gasteiger charge is 2.66. The number of aliphatic hydroxyl groups is 3. The minimum atomic E-state index is -0.651. The van der Waals surface area contributed by atoms with Gasteiger partial charge in [0.05, 0.1) is 77.4 Å². The zero-order valence-corrected chi connectivity index (χ0v) is 70.3. The molecular weight excluding hydrogens is 1510 g/mol. The molecule has 12 aliphatic carbocycles. The number of carbonyl (C=O) groups excluding carboxylic acids is 3. The first-order chi connectivity index (χ1) is 51.9. The Bertz CT molecular complexity index is 4290. The van der Waals surface area contributed by atoms with Crippen molar-refractivity contribution in [3.8, 4) is 0 Å². The Kier molecular flexibility index (Phi) is 24.0. The van der Waals surface area contributed by atoms with E-state index in [1.165, 1.54) is 83.5 Å². The number of alkyl halides is 1. The van der Waals surface area contributed by atoms with E-state index in [2.05, 4.69) is 77.9 Å². The minimum absolute atomic E-state index is 0. The fourth-order valence-electron chi connectivity index (χ4n) is 28.6. The number of methoxy groups -OCH3 is 3. The lowest BCUT2D eigenvalue weighted by Crippen LogP contribution is -2.57. The Morgan fingerprint density at radius 2 is 0.873 bits per heavy atom. The number of rotatable bonds is 14. The Labute approximate surface area is 678 Å². The summed E-state index contributed by atoms with van der Waals surface area (Å²) in [6, 6.07) is 17.1. The number of halogens is 4. The number of ketones is 3. The van der Waals surface area contributed by atoms with E-state index in [-0.39, 0.29) is 41.4 Å². The van der Waals surface area contributed by atoms with Gasteiger partial charge in [0.2, 0.25) is 0 Å². The van der Waals surface area contributed by atoms with Gasteiger partial charge in [0.1, 0.15) is 12.3 Å². The van der Waals surface area contributed by atoms with Crippen molar-refractivity contribution in [2.75, 3.05) is 46.5 Å². The van der Waals surface area contributed by atoms with Crippen molar-refractivity contribution in [3.05, 3.63) is 88.3 Å². The molecule has 0 aliphatic heterocycles. The van der Waals surface area contributed by atoms with Crippen LogP contribution in [0.2, 0.25) is 15.1 Å². The van der Waals surface area contributed by atoms with Gasteiger partial charge in [0.15, 0.2) is 11.6 Å². The summed E-state index contributed by atoms with van der Waals surface area (Å²) in [5.41, 5.74) is 2.37. The van der Waals surface area contributed by atoms with Gasteiger partial charge in [-0.15, -0.1) is 0 Å². The molecule has 12 saturated carbocycles. The fraction of sp³-hybridized carbons (Fsp3) is 0.736. The third-order valence-electron chi connectivity index (χ3n) is 34.1. The van der Waals surface area contributed by atoms with Gasteiger partial charge in [0, 0.05) is 76.5 Å². The summed E-state index contributed by atoms with van der Waals surface area (Å²) in [4.78, 5) is 40.0. The minimum Gasteiger partial charge on any atom is -0.387 e. The predicted octanol–water partition coefficient (Wildman–Crippen LogP) is 20.4. The van der Waals surface area contributed by atoms with E-state index in [0.29, 0.717) is 123 Å². The fourth-order valence-corrected chi connectivity index (χ4v) is 29.5. The molecule has 0 bridgehead atoms. The number of Topliss-reactive ketones (excluding diaryl/α,β-unsaturated/α-hetero) is 3. The Balaban J connectivity index is 0.000000130. The van der Waals surface area contributed by atoms with Crippen LogP contribution >= 0.6 is 50.7 Å². The van der Waals surface area contributed by atoms with Gasteiger partial charge < -0.3 is 29.5 Å². The number of nitrogens with zero attached hydrogens (tertiary/aromatic N) is 5. The van der Waals surface area contributed by atoms with Crippen molar-refractivity contribution < 1.29 is 43.9 Å². The average Bonchev–Trinajstić information content (AvgIpc) is 1.31. The number of fused-ring (bicyclic) bond motifs is 18. The first kappa shape index (κ1) is 82.7. The van der Waals surface area contributed by atoms with Gasteiger partial charge in [-0.25, -0.2) is 0 Å². The molecule has 0 radical (unpaired) electrons. The molecule has 0 unspecified atom stereocenters. The highest BCUT2D eigenvalue weighted by molar-refractivity contribution is 9.09. The van der Waals surface area contributed by atoms with Crippen LogP contribution in [0.25, 0.3) is 32.7 Å². The monoisotopic (exact) mass is 1630 g/mol. The maximum atomic E-state index is 13.7. The summed E-state index contributed by atoms with van der Waals surface area (Å²) in [6.07, 6.45) is 35.5. The summed E-state index contributed by atoms with van der Waals surface area (Å²) in [6.45, 7) is 16.9. The van der Waals surface area contributed by atoms with Crippen LogP contribution in [0.1, 0.15) is 222 Å². The molecule has 12 fully saturated rings. The number of H-pyrrole nitrogens is 1. The summed E-state index contributed by atoms with van der Waals surface area (Å²) in [5, 5.41) is 54.7. The van der Waals surface area contributed by atoms with Crippen molar-refractivity contribution in [3.63, 3.8) is 0 Å². The highest BCUT2D eigenvalue weighted by Crippen LogP contribution is 2.72. The van der Waals surface area contributed by atoms with E-state index < -0.39 is 16.8 Å². The molecule has 18 rings (SSSR count).